The number of rotatable bonds is 2. The van der Waals surface area contributed by atoms with Crippen molar-refractivity contribution in [1.29, 1.82) is 0 Å². The number of carboxylic acids is 1. The summed E-state index contributed by atoms with van der Waals surface area (Å²) < 4.78 is 2.10. The van der Waals surface area contributed by atoms with Gasteiger partial charge in [-0.15, -0.1) is 0 Å². The Bertz CT molecular complexity index is 647. The Balaban J connectivity index is 2.23. The molecule has 2 heterocycles. The Morgan fingerprint density at radius 2 is 2.26 bits per heavy atom. The molecule has 100 valence electrons. The predicted molar refractivity (Wildman–Crippen MR) is 72.6 cm³/mol. The number of carbonyl (C=O) groups is 1. The molecule has 1 N–H and O–H groups in total. The van der Waals surface area contributed by atoms with E-state index in [-0.39, 0.29) is 0 Å². The molecule has 1 aromatic carbocycles. The first kappa shape index (κ1) is 12.2. The number of hydrogen-bond acceptors (Lipinski definition) is 3. The number of para-hydroxylation sites is 1. The molecule has 0 bridgehead atoms. The second kappa shape index (κ2) is 4.35. The maximum Gasteiger partial charge on any atom is 0.337 e. The lowest BCUT2D eigenvalue weighted by Crippen LogP contribution is -2.17. The van der Waals surface area contributed by atoms with Crippen molar-refractivity contribution in [2.75, 3.05) is 20.1 Å². The van der Waals surface area contributed by atoms with Gasteiger partial charge in [0.25, 0.3) is 0 Å². The van der Waals surface area contributed by atoms with Crippen molar-refractivity contribution in [3.05, 3.63) is 29.6 Å². The van der Waals surface area contributed by atoms with Crippen LogP contribution in [-0.2, 0) is 0 Å². The first-order chi connectivity index (χ1) is 9.08. The van der Waals surface area contributed by atoms with Gasteiger partial charge in [0.05, 0.1) is 16.6 Å². The van der Waals surface area contributed by atoms with Crippen LogP contribution in [0.25, 0.3) is 11.0 Å². The van der Waals surface area contributed by atoms with Crippen molar-refractivity contribution in [3.63, 3.8) is 0 Å². The van der Waals surface area contributed by atoms with Crippen molar-refractivity contribution in [2.24, 2.45) is 0 Å². The highest BCUT2D eigenvalue weighted by Gasteiger charge is 2.26. The van der Waals surface area contributed by atoms with Gasteiger partial charge in [0.2, 0.25) is 0 Å². The largest absolute Gasteiger partial charge is 0.478 e. The van der Waals surface area contributed by atoms with Crippen LogP contribution in [0.3, 0.4) is 0 Å². The molecule has 1 aliphatic rings. The first-order valence-electron chi connectivity index (χ1n) is 6.47. The average Bonchev–Trinajstić information content (AvgIpc) is 2.90. The lowest BCUT2D eigenvalue weighted by Gasteiger charge is -2.16. The molecule has 1 unspecified atom stereocenters. The summed E-state index contributed by atoms with van der Waals surface area (Å²) in [6.45, 7) is 3.93. The molecule has 0 spiro atoms. The fraction of sp³-hybridized carbons (Fsp3) is 0.429. The zero-order valence-electron chi connectivity index (χ0n) is 11.1. The average molecular weight is 259 g/mol. The SMILES string of the molecule is Cc1nc2cccc(C(=O)O)c2n1C1CCN(C)C1. The smallest absolute Gasteiger partial charge is 0.337 e. The van der Waals surface area contributed by atoms with Crippen molar-refractivity contribution < 1.29 is 9.90 Å². The summed E-state index contributed by atoms with van der Waals surface area (Å²) >= 11 is 0. The second-order valence-electron chi connectivity index (χ2n) is 5.21. The van der Waals surface area contributed by atoms with Crippen LogP contribution in [0.5, 0.6) is 0 Å². The van der Waals surface area contributed by atoms with Gasteiger partial charge >= 0.3 is 5.97 Å². The monoisotopic (exact) mass is 259 g/mol. The maximum absolute atomic E-state index is 11.4. The lowest BCUT2D eigenvalue weighted by molar-refractivity contribution is 0.0698. The summed E-state index contributed by atoms with van der Waals surface area (Å²) in [6.07, 6.45) is 1.04. The molecule has 5 heteroatoms. The Hall–Kier alpha value is -1.88. The van der Waals surface area contributed by atoms with Crippen LogP contribution < -0.4 is 0 Å². The van der Waals surface area contributed by atoms with Gasteiger partial charge in [0.15, 0.2) is 0 Å². The fourth-order valence-electron chi connectivity index (χ4n) is 3.01. The van der Waals surface area contributed by atoms with Gasteiger partial charge in [-0.1, -0.05) is 6.07 Å². The van der Waals surface area contributed by atoms with E-state index in [0.29, 0.717) is 11.6 Å². The molecule has 1 aromatic heterocycles. The lowest BCUT2D eigenvalue weighted by atomic mass is 10.1. The van der Waals surface area contributed by atoms with Gasteiger partial charge in [-0.05, 0) is 39.1 Å². The van der Waals surface area contributed by atoms with E-state index in [1.165, 1.54) is 0 Å². The molecule has 2 aromatic rings. The van der Waals surface area contributed by atoms with Gasteiger partial charge < -0.3 is 14.6 Å². The zero-order chi connectivity index (χ0) is 13.6. The van der Waals surface area contributed by atoms with Crippen LogP contribution >= 0.6 is 0 Å². The number of aromatic nitrogens is 2. The summed E-state index contributed by atoms with van der Waals surface area (Å²) in [5.74, 6) is 0.00195. The molecule has 1 atom stereocenters. The van der Waals surface area contributed by atoms with E-state index in [2.05, 4.69) is 21.5 Å². The van der Waals surface area contributed by atoms with Crippen LogP contribution in [0, 0.1) is 6.92 Å². The van der Waals surface area contributed by atoms with E-state index in [1.807, 2.05) is 13.0 Å². The molecule has 19 heavy (non-hydrogen) atoms. The Labute approximate surface area is 111 Å². The normalized spacial score (nSPS) is 20.2. The highest BCUT2D eigenvalue weighted by Crippen LogP contribution is 2.29. The Kier molecular flexibility index (Phi) is 2.78. The number of fused-ring (bicyclic) bond motifs is 1. The van der Waals surface area contributed by atoms with Gasteiger partial charge in [-0.2, -0.15) is 0 Å². The molecule has 3 rings (SSSR count). The molecular weight excluding hydrogens is 242 g/mol. The third kappa shape index (κ3) is 1.90. The summed E-state index contributed by atoms with van der Waals surface area (Å²) in [7, 11) is 2.09. The van der Waals surface area contributed by atoms with Crippen LogP contribution in [0.2, 0.25) is 0 Å². The van der Waals surface area contributed by atoms with Gasteiger partial charge in [0.1, 0.15) is 5.82 Å². The van der Waals surface area contributed by atoms with Crippen LogP contribution in [0.4, 0.5) is 0 Å². The number of hydrogen-bond donors (Lipinski definition) is 1. The molecule has 1 saturated heterocycles. The standard InChI is InChI=1S/C14H17N3O2/c1-9-15-12-5-3-4-11(14(18)19)13(12)17(9)10-6-7-16(2)8-10/h3-5,10H,6-8H2,1-2H3,(H,18,19). The van der Waals surface area contributed by atoms with E-state index in [1.54, 1.807) is 12.1 Å². The fourth-order valence-corrected chi connectivity index (χ4v) is 3.01. The summed E-state index contributed by atoms with van der Waals surface area (Å²) in [6, 6.07) is 5.60. The summed E-state index contributed by atoms with van der Waals surface area (Å²) in [5.41, 5.74) is 1.87. The molecule has 1 aliphatic heterocycles. The number of imidazole rings is 1. The topological polar surface area (TPSA) is 58.4 Å². The molecule has 0 saturated carbocycles. The summed E-state index contributed by atoms with van der Waals surface area (Å²) in [4.78, 5) is 18.2. The molecular formula is C14H17N3O2. The number of nitrogens with zero attached hydrogens (tertiary/aromatic N) is 3. The maximum atomic E-state index is 11.4. The third-order valence-corrected chi connectivity index (χ3v) is 3.85. The van der Waals surface area contributed by atoms with E-state index in [0.717, 1.165) is 36.4 Å². The minimum atomic E-state index is -0.891. The molecule has 5 nitrogen and oxygen atoms in total. The van der Waals surface area contributed by atoms with Gasteiger partial charge in [0, 0.05) is 12.6 Å². The molecule has 0 radical (unpaired) electrons. The second-order valence-corrected chi connectivity index (χ2v) is 5.21. The van der Waals surface area contributed by atoms with E-state index in [4.69, 9.17) is 0 Å². The highest BCUT2D eigenvalue weighted by atomic mass is 16.4. The number of likely N-dealkylation sites (tertiary alicyclic amines) is 1. The number of likely N-dealkylation sites (N-methyl/N-ethyl adjacent to an activating group) is 1. The van der Waals surface area contributed by atoms with Crippen LogP contribution in [-0.4, -0.2) is 45.7 Å². The predicted octanol–water partition coefficient (Wildman–Crippen LogP) is 1.92. The minimum Gasteiger partial charge on any atom is -0.478 e. The van der Waals surface area contributed by atoms with E-state index < -0.39 is 5.97 Å². The van der Waals surface area contributed by atoms with Gasteiger partial charge in [-0.25, -0.2) is 9.78 Å². The number of aromatic carboxylic acids is 1. The van der Waals surface area contributed by atoms with E-state index >= 15 is 0 Å². The minimum absolute atomic E-state index is 0.315. The van der Waals surface area contributed by atoms with Crippen LogP contribution in [0.15, 0.2) is 18.2 Å². The number of carboxylic acid groups (broad SMARTS) is 1. The van der Waals surface area contributed by atoms with Crippen molar-refractivity contribution in [1.82, 2.24) is 14.5 Å². The zero-order valence-corrected chi connectivity index (χ0v) is 11.1. The molecule has 0 amide bonds. The summed E-state index contributed by atoms with van der Waals surface area (Å²) in [5, 5.41) is 9.36. The van der Waals surface area contributed by atoms with Gasteiger partial charge in [-0.3, -0.25) is 0 Å². The number of benzene rings is 1. The van der Waals surface area contributed by atoms with Crippen molar-refractivity contribution in [2.45, 2.75) is 19.4 Å². The van der Waals surface area contributed by atoms with E-state index in [9.17, 15) is 9.90 Å². The first-order valence-corrected chi connectivity index (χ1v) is 6.47. The molecule has 1 fully saturated rings. The quantitative estimate of drug-likeness (QED) is 0.895. The molecule has 0 aliphatic carbocycles. The number of aryl methyl sites for hydroxylation is 1. The third-order valence-electron chi connectivity index (χ3n) is 3.85. The Morgan fingerprint density at radius 1 is 1.47 bits per heavy atom. The highest BCUT2D eigenvalue weighted by molar-refractivity contribution is 6.01. The Morgan fingerprint density at radius 3 is 2.89 bits per heavy atom. The van der Waals surface area contributed by atoms with Crippen LogP contribution in [0.1, 0.15) is 28.6 Å². The van der Waals surface area contributed by atoms with Crippen molar-refractivity contribution >= 4 is 17.0 Å². The van der Waals surface area contributed by atoms with Crippen molar-refractivity contribution in [3.8, 4) is 0 Å².